The molecule has 0 saturated carbocycles. The van der Waals surface area contributed by atoms with Gasteiger partial charge in [0.05, 0.1) is 12.7 Å². The summed E-state index contributed by atoms with van der Waals surface area (Å²) in [5.41, 5.74) is 1.23. The number of rotatable bonds is 7. The summed E-state index contributed by atoms with van der Waals surface area (Å²) in [5.74, 6) is 1.54. The van der Waals surface area contributed by atoms with E-state index in [1.165, 1.54) is 5.56 Å². The van der Waals surface area contributed by atoms with E-state index in [1.807, 2.05) is 41.3 Å². The van der Waals surface area contributed by atoms with Crippen molar-refractivity contribution in [1.29, 1.82) is 0 Å². The molecule has 0 spiro atoms. The van der Waals surface area contributed by atoms with Crippen molar-refractivity contribution >= 4 is 5.91 Å². The molecule has 0 atom stereocenters. The molecule has 4 rings (SSSR count). The number of amides is 1. The van der Waals surface area contributed by atoms with Crippen LogP contribution in [0.3, 0.4) is 0 Å². The Bertz CT molecular complexity index is 869. The second-order valence-corrected chi connectivity index (χ2v) is 8.53. The monoisotopic (exact) mass is 424 g/mol. The SMILES string of the molecule is COc1ccccc1C1(O)CCN(Cc2ccc(OCC(=O)N3CCCC3)cc2)CC1. The maximum absolute atomic E-state index is 12.1. The van der Waals surface area contributed by atoms with Crippen LogP contribution in [0.25, 0.3) is 0 Å². The summed E-state index contributed by atoms with van der Waals surface area (Å²) in [5, 5.41) is 11.2. The van der Waals surface area contributed by atoms with E-state index in [0.29, 0.717) is 12.8 Å². The van der Waals surface area contributed by atoms with Crippen LogP contribution >= 0.6 is 0 Å². The van der Waals surface area contributed by atoms with E-state index in [4.69, 9.17) is 9.47 Å². The molecule has 2 aromatic rings. The minimum absolute atomic E-state index is 0.0671. The van der Waals surface area contributed by atoms with E-state index in [2.05, 4.69) is 17.0 Å². The van der Waals surface area contributed by atoms with Gasteiger partial charge in [0.2, 0.25) is 0 Å². The highest BCUT2D eigenvalue weighted by Crippen LogP contribution is 2.38. The number of nitrogens with zero attached hydrogens (tertiary/aromatic N) is 2. The molecular formula is C25H32N2O4. The average molecular weight is 425 g/mol. The van der Waals surface area contributed by atoms with Gasteiger partial charge in [-0.05, 0) is 49.4 Å². The van der Waals surface area contributed by atoms with Crippen LogP contribution in [0.2, 0.25) is 0 Å². The van der Waals surface area contributed by atoms with E-state index in [-0.39, 0.29) is 12.5 Å². The Balaban J connectivity index is 1.27. The Labute approximate surface area is 184 Å². The highest BCUT2D eigenvalue weighted by molar-refractivity contribution is 5.78. The Kier molecular flexibility index (Phi) is 6.78. The van der Waals surface area contributed by atoms with Crippen LogP contribution in [0.15, 0.2) is 48.5 Å². The number of hydrogen-bond donors (Lipinski definition) is 1. The molecule has 6 nitrogen and oxygen atoms in total. The van der Waals surface area contributed by atoms with Gasteiger partial charge in [-0.1, -0.05) is 30.3 Å². The molecule has 31 heavy (non-hydrogen) atoms. The molecule has 166 valence electrons. The summed E-state index contributed by atoms with van der Waals surface area (Å²) in [6.07, 6.45) is 3.53. The third-order valence-corrected chi connectivity index (χ3v) is 6.44. The van der Waals surface area contributed by atoms with E-state index in [1.54, 1.807) is 7.11 Å². The van der Waals surface area contributed by atoms with Crippen molar-refractivity contribution in [2.45, 2.75) is 37.8 Å². The molecule has 6 heteroatoms. The third-order valence-electron chi connectivity index (χ3n) is 6.44. The van der Waals surface area contributed by atoms with Crippen molar-refractivity contribution < 1.29 is 19.4 Å². The first-order valence-electron chi connectivity index (χ1n) is 11.2. The molecule has 2 aromatic carbocycles. The van der Waals surface area contributed by atoms with Gasteiger partial charge in [0.25, 0.3) is 5.91 Å². The van der Waals surface area contributed by atoms with Crippen LogP contribution in [-0.2, 0) is 16.9 Å². The molecule has 2 aliphatic heterocycles. The highest BCUT2D eigenvalue weighted by atomic mass is 16.5. The fourth-order valence-corrected chi connectivity index (χ4v) is 4.53. The first-order chi connectivity index (χ1) is 15.1. The molecule has 2 fully saturated rings. The Morgan fingerprint density at radius 1 is 1.00 bits per heavy atom. The predicted molar refractivity (Wildman–Crippen MR) is 119 cm³/mol. The first kappa shape index (κ1) is 21.7. The summed E-state index contributed by atoms with van der Waals surface area (Å²) in [7, 11) is 1.65. The van der Waals surface area contributed by atoms with Gasteiger partial charge < -0.3 is 19.5 Å². The zero-order chi connectivity index (χ0) is 21.7. The van der Waals surface area contributed by atoms with Gasteiger partial charge in [0.1, 0.15) is 11.5 Å². The van der Waals surface area contributed by atoms with Crippen LogP contribution in [-0.4, -0.2) is 60.7 Å². The van der Waals surface area contributed by atoms with Crippen LogP contribution in [0.5, 0.6) is 11.5 Å². The molecule has 2 heterocycles. The third kappa shape index (κ3) is 5.20. The first-order valence-corrected chi connectivity index (χ1v) is 11.2. The van der Waals surface area contributed by atoms with Gasteiger partial charge in [-0.2, -0.15) is 0 Å². The molecule has 2 saturated heterocycles. The maximum atomic E-state index is 12.1. The number of carbonyl (C=O) groups is 1. The zero-order valence-corrected chi connectivity index (χ0v) is 18.3. The van der Waals surface area contributed by atoms with Crippen LogP contribution in [0.1, 0.15) is 36.8 Å². The number of carbonyl (C=O) groups excluding carboxylic acids is 1. The van der Waals surface area contributed by atoms with Gasteiger partial charge in [-0.3, -0.25) is 9.69 Å². The zero-order valence-electron chi connectivity index (χ0n) is 18.3. The minimum atomic E-state index is -0.845. The fourth-order valence-electron chi connectivity index (χ4n) is 4.53. The van der Waals surface area contributed by atoms with Crippen LogP contribution in [0.4, 0.5) is 0 Å². The van der Waals surface area contributed by atoms with Crippen molar-refractivity contribution in [3.05, 3.63) is 59.7 Å². The van der Waals surface area contributed by atoms with Crippen molar-refractivity contribution in [2.75, 3.05) is 39.9 Å². The lowest BCUT2D eigenvalue weighted by atomic mass is 9.84. The van der Waals surface area contributed by atoms with Crippen molar-refractivity contribution in [2.24, 2.45) is 0 Å². The molecule has 0 bridgehead atoms. The van der Waals surface area contributed by atoms with Crippen LogP contribution < -0.4 is 9.47 Å². The summed E-state index contributed by atoms with van der Waals surface area (Å²) >= 11 is 0. The Morgan fingerprint density at radius 3 is 2.35 bits per heavy atom. The molecule has 1 N–H and O–H groups in total. The van der Waals surface area contributed by atoms with Gasteiger partial charge in [-0.25, -0.2) is 0 Å². The van der Waals surface area contributed by atoms with E-state index >= 15 is 0 Å². The molecule has 0 aromatic heterocycles. The molecule has 2 aliphatic rings. The number of piperidine rings is 1. The summed E-state index contributed by atoms with van der Waals surface area (Å²) in [4.78, 5) is 16.3. The van der Waals surface area contributed by atoms with Crippen molar-refractivity contribution in [1.82, 2.24) is 9.80 Å². The Morgan fingerprint density at radius 2 is 1.68 bits per heavy atom. The fraction of sp³-hybridized carbons (Fsp3) is 0.480. The topological polar surface area (TPSA) is 62.2 Å². The number of methoxy groups -OCH3 is 1. The van der Waals surface area contributed by atoms with Gasteiger partial charge in [0, 0.05) is 38.3 Å². The van der Waals surface area contributed by atoms with Crippen molar-refractivity contribution in [3.63, 3.8) is 0 Å². The molecular weight excluding hydrogens is 392 g/mol. The average Bonchev–Trinajstić information content (AvgIpc) is 3.35. The quantitative estimate of drug-likeness (QED) is 0.740. The molecule has 0 aliphatic carbocycles. The second kappa shape index (κ2) is 9.71. The Hall–Kier alpha value is -2.57. The number of likely N-dealkylation sites (tertiary alicyclic amines) is 2. The number of benzene rings is 2. The van der Waals surface area contributed by atoms with Crippen LogP contribution in [0, 0.1) is 0 Å². The lowest BCUT2D eigenvalue weighted by Crippen LogP contribution is -2.42. The normalized spacial score (nSPS) is 18.7. The van der Waals surface area contributed by atoms with Gasteiger partial charge in [0.15, 0.2) is 6.61 Å². The number of ether oxygens (including phenoxy) is 2. The largest absolute Gasteiger partial charge is 0.496 e. The molecule has 1 amide bonds. The number of aliphatic hydroxyl groups is 1. The van der Waals surface area contributed by atoms with E-state index < -0.39 is 5.60 Å². The van der Waals surface area contributed by atoms with Gasteiger partial charge >= 0.3 is 0 Å². The van der Waals surface area contributed by atoms with E-state index in [9.17, 15) is 9.90 Å². The lowest BCUT2D eigenvalue weighted by Gasteiger charge is -2.39. The predicted octanol–water partition coefficient (Wildman–Crippen LogP) is 3.18. The standard InChI is InChI=1S/C25H32N2O4/c1-30-23-7-3-2-6-22(23)25(29)12-16-26(17-13-25)18-20-8-10-21(11-9-20)31-19-24(28)27-14-4-5-15-27/h2-3,6-11,29H,4-5,12-19H2,1H3. The second-order valence-electron chi connectivity index (χ2n) is 8.53. The maximum Gasteiger partial charge on any atom is 0.260 e. The number of hydrogen-bond acceptors (Lipinski definition) is 5. The summed E-state index contributed by atoms with van der Waals surface area (Å²) in [6.45, 7) is 4.27. The highest BCUT2D eigenvalue weighted by Gasteiger charge is 2.36. The van der Waals surface area contributed by atoms with Crippen molar-refractivity contribution in [3.8, 4) is 11.5 Å². The summed E-state index contributed by atoms with van der Waals surface area (Å²) in [6, 6.07) is 15.7. The number of para-hydroxylation sites is 1. The smallest absolute Gasteiger partial charge is 0.260 e. The lowest BCUT2D eigenvalue weighted by molar-refractivity contribution is -0.132. The minimum Gasteiger partial charge on any atom is -0.496 e. The molecule has 0 radical (unpaired) electrons. The summed E-state index contributed by atoms with van der Waals surface area (Å²) < 4.78 is 11.1. The van der Waals surface area contributed by atoms with Gasteiger partial charge in [-0.15, -0.1) is 0 Å². The molecule has 0 unspecified atom stereocenters. The van der Waals surface area contributed by atoms with E-state index in [0.717, 1.165) is 62.6 Å².